The van der Waals surface area contributed by atoms with Gasteiger partial charge < -0.3 is 19.1 Å². The van der Waals surface area contributed by atoms with Crippen LogP contribution in [0.5, 0.6) is 5.75 Å². The summed E-state index contributed by atoms with van der Waals surface area (Å²) in [5, 5.41) is 0. The third kappa shape index (κ3) is 7.43. The van der Waals surface area contributed by atoms with Gasteiger partial charge in [-0.25, -0.2) is 0 Å². The molecule has 1 saturated heterocycles. The first-order valence-corrected chi connectivity index (χ1v) is 22.5. The lowest BCUT2D eigenvalue weighted by molar-refractivity contribution is -0.137. The van der Waals surface area contributed by atoms with Crippen LogP contribution in [0.3, 0.4) is 0 Å². The van der Waals surface area contributed by atoms with E-state index in [4.69, 9.17) is 30.4 Å². The van der Waals surface area contributed by atoms with Crippen molar-refractivity contribution in [1.82, 2.24) is 4.90 Å². The number of benzene rings is 3. The number of para-hydroxylation sites is 2. The van der Waals surface area contributed by atoms with Gasteiger partial charge >= 0.3 is 0 Å². The molecular formula is C44H54N4O5S2. The summed E-state index contributed by atoms with van der Waals surface area (Å²) in [5.74, 6) is 0.819. The number of aryl methyl sites for hydroxylation is 1. The topological polar surface area (TPSA) is 83.9 Å². The molecule has 0 aromatic heterocycles. The van der Waals surface area contributed by atoms with Crippen LogP contribution in [0.4, 0.5) is 17.1 Å². The molecule has 0 N–H and O–H groups in total. The van der Waals surface area contributed by atoms with E-state index < -0.39 is 0 Å². The van der Waals surface area contributed by atoms with Crippen LogP contribution in [-0.4, -0.2) is 97.7 Å². The Morgan fingerprint density at radius 1 is 0.909 bits per heavy atom. The number of rotatable bonds is 12. The molecule has 8 rings (SSSR count). The number of hydrogen-bond acceptors (Lipinski definition) is 8. The number of aliphatic imine (C=N–C) groups is 1. The number of methoxy groups -OCH3 is 1. The summed E-state index contributed by atoms with van der Waals surface area (Å²) in [5.41, 5.74) is 6.68. The number of anilines is 2. The Labute approximate surface area is 333 Å². The van der Waals surface area contributed by atoms with Crippen LogP contribution in [0, 0.1) is 12.8 Å². The molecule has 0 bridgehead atoms. The highest BCUT2D eigenvalue weighted by molar-refractivity contribution is 8.29. The first-order chi connectivity index (χ1) is 26.5. The van der Waals surface area contributed by atoms with Gasteiger partial charge in [0.2, 0.25) is 5.91 Å². The van der Waals surface area contributed by atoms with Gasteiger partial charge in [0, 0.05) is 67.7 Å². The molecule has 5 unspecified atom stereocenters. The first-order valence-electron chi connectivity index (χ1n) is 19.9. The van der Waals surface area contributed by atoms with E-state index in [1.807, 2.05) is 54.4 Å². The molecule has 3 aromatic carbocycles. The van der Waals surface area contributed by atoms with E-state index in [0.717, 1.165) is 74.3 Å². The summed E-state index contributed by atoms with van der Waals surface area (Å²) in [7, 11) is 1.56. The molecule has 0 radical (unpaired) electrons. The molecule has 55 heavy (non-hydrogen) atoms. The number of nitrogens with zero attached hydrogens (tertiary/aromatic N) is 4. The average Bonchev–Trinajstić information content (AvgIpc) is 3.67. The van der Waals surface area contributed by atoms with Crippen molar-refractivity contribution in [1.29, 1.82) is 0 Å². The second kappa shape index (κ2) is 15.8. The van der Waals surface area contributed by atoms with Crippen molar-refractivity contribution in [2.45, 2.75) is 101 Å². The maximum Gasteiger partial charge on any atom is 0.261 e. The fourth-order valence-electron chi connectivity index (χ4n) is 9.46. The minimum absolute atomic E-state index is 0.0130. The highest BCUT2D eigenvalue weighted by Crippen LogP contribution is 2.43. The largest absolute Gasteiger partial charge is 0.493 e. The molecule has 0 spiro atoms. The van der Waals surface area contributed by atoms with Gasteiger partial charge in [-0.3, -0.25) is 24.4 Å². The molecule has 4 aliphatic heterocycles. The number of hydrogen-bond donors (Lipinski definition) is 0. The number of unbranched alkanes of at least 4 members (excludes halogenated alkanes) is 2. The Balaban J connectivity index is 0.868. The van der Waals surface area contributed by atoms with Gasteiger partial charge in [0.05, 0.1) is 48.1 Å². The van der Waals surface area contributed by atoms with E-state index in [0.29, 0.717) is 30.9 Å². The number of carbonyl (C=O) groups excluding carboxylic acids is 2. The molecule has 3 aromatic rings. The van der Waals surface area contributed by atoms with Crippen molar-refractivity contribution in [3.8, 4) is 5.75 Å². The molecule has 11 heteroatoms. The maximum absolute atomic E-state index is 14.5. The number of amides is 2. The van der Waals surface area contributed by atoms with Gasteiger partial charge in [-0.05, 0) is 100 Å². The van der Waals surface area contributed by atoms with E-state index in [1.165, 1.54) is 11.1 Å². The minimum Gasteiger partial charge on any atom is -0.493 e. The molecule has 2 amide bonds. The van der Waals surface area contributed by atoms with Crippen LogP contribution in [-0.2, 0) is 47.8 Å². The smallest absolute Gasteiger partial charge is 0.261 e. The normalized spacial score (nSPS) is 26.3. The summed E-state index contributed by atoms with van der Waals surface area (Å²) < 4.78 is 18.9. The van der Waals surface area contributed by atoms with E-state index in [1.54, 1.807) is 7.11 Å². The molecule has 2 fully saturated rings. The fourth-order valence-corrected chi connectivity index (χ4v) is 9.96. The fraction of sp³-hybridized carbons (Fsp3) is 0.523. The summed E-state index contributed by atoms with van der Waals surface area (Å²) in [4.78, 5) is 39.5. The quantitative estimate of drug-likeness (QED) is 0.188. The molecular weight excluding hydrogens is 729 g/mol. The predicted molar refractivity (Wildman–Crippen MR) is 224 cm³/mol. The van der Waals surface area contributed by atoms with Gasteiger partial charge in [0.25, 0.3) is 5.91 Å². The average molecular weight is 783 g/mol. The zero-order valence-corrected chi connectivity index (χ0v) is 34.4. The molecule has 4 heterocycles. The van der Waals surface area contributed by atoms with Gasteiger partial charge in [0.15, 0.2) is 0 Å². The monoisotopic (exact) mass is 782 g/mol. The van der Waals surface area contributed by atoms with Crippen molar-refractivity contribution in [2.24, 2.45) is 10.9 Å². The van der Waals surface area contributed by atoms with Crippen LogP contribution in [0.15, 0.2) is 65.7 Å². The van der Waals surface area contributed by atoms with Crippen molar-refractivity contribution in [2.75, 3.05) is 49.5 Å². The summed E-state index contributed by atoms with van der Waals surface area (Å²) >= 11 is 5.84. The van der Waals surface area contributed by atoms with Gasteiger partial charge in [0.1, 0.15) is 5.75 Å². The zero-order valence-electron chi connectivity index (χ0n) is 32.7. The van der Waals surface area contributed by atoms with Crippen molar-refractivity contribution in [3.05, 3.63) is 82.9 Å². The van der Waals surface area contributed by atoms with Crippen LogP contribution in [0.2, 0.25) is 0 Å². The maximum atomic E-state index is 14.5. The summed E-state index contributed by atoms with van der Waals surface area (Å²) in [6.07, 6.45) is 9.64. The van der Waals surface area contributed by atoms with E-state index >= 15 is 0 Å². The van der Waals surface area contributed by atoms with Crippen molar-refractivity contribution in [3.63, 3.8) is 0 Å². The van der Waals surface area contributed by atoms with E-state index in [2.05, 4.69) is 54.2 Å². The number of carbonyl (C=O) groups is 2. The van der Waals surface area contributed by atoms with Crippen molar-refractivity contribution >= 4 is 55.7 Å². The second-order valence-electron chi connectivity index (χ2n) is 16.6. The van der Waals surface area contributed by atoms with Crippen LogP contribution < -0.4 is 14.5 Å². The molecule has 5 aliphatic rings. The van der Waals surface area contributed by atoms with Gasteiger partial charge in [-0.1, -0.05) is 47.6 Å². The zero-order chi connectivity index (χ0) is 38.4. The second-order valence-corrected chi connectivity index (χ2v) is 20.1. The Kier molecular flexibility index (Phi) is 11.0. The molecule has 1 saturated carbocycles. The van der Waals surface area contributed by atoms with Crippen molar-refractivity contribution < 1.29 is 23.8 Å². The Hall–Kier alpha value is -3.48. The third-order valence-electron chi connectivity index (χ3n) is 12.6. The van der Waals surface area contributed by atoms with Gasteiger partial charge in [-0.15, -0.1) is 9.45 Å². The van der Waals surface area contributed by atoms with Crippen LogP contribution in [0.1, 0.15) is 73.0 Å². The highest BCUT2D eigenvalue weighted by atomic mass is 32.8. The minimum atomic E-state index is -0.195. The molecule has 1 aliphatic carbocycles. The summed E-state index contributed by atoms with van der Waals surface area (Å²) in [6, 6.07) is 20.5. The Morgan fingerprint density at radius 3 is 2.36 bits per heavy atom. The summed E-state index contributed by atoms with van der Waals surface area (Å²) in [6.45, 7) is 9.43. The molecule has 7 atom stereocenters. The standard InChI is InChI=1S/C44H54N4O5S2/c1-28-19-33-35(45-25-31-20-29-13-7-9-15-36(29)47(31)42(33)49)23-39(28)52-17-11-6-12-18-53-41-24-38-34(22-40(41)51-4)43(50)48-32(21-30-14-8-10-16-37(30)48)26-46(38)27-44(2,3)55(5)54/h7-10,13-16,19,23,25,31-32,34,38,40-41H,6,11-12,17-18,20-22,24,26-27H2,1-5H3/t31-,32-,34?,38?,40?,41?,55?/m0/s1. The lowest BCUT2D eigenvalue weighted by atomic mass is 9.79. The highest BCUT2D eigenvalue weighted by Gasteiger charge is 2.51. The first kappa shape index (κ1) is 38.4. The number of fused-ring (bicyclic) bond motifs is 8. The molecule has 9 nitrogen and oxygen atoms in total. The third-order valence-corrected chi connectivity index (χ3v) is 15.6. The van der Waals surface area contributed by atoms with Crippen LogP contribution in [0.25, 0.3) is 0 Å². The SMILES string of the molecule is COC1CC2C(=O)N3c4ccccc4C[C@H]3CN(CC(C)(C)S(C)=S)C2CC1OCCCCCOc1cc2c(cc1C)C(=O)N1c3ccccc3C[C@H]1C=N2. The van der Waals surface area contributed by atoms with Gasteiger partial charge in [-0.2, -0.15) is 0 Å². The Bertz CT molecular complexity index is 2000. The van der Waals surface area contributed by atoms with E-state index in [9.17, 15) is 9.59 Å². The lowest BCUT2D eigenvalue weighted by Crippen LogP contribution is -2.56. The lowest BCUT2D eigenvalue weighted by Gasteiger charge is -2.45. The molecule has 292 valence electrons. The number of ether oxygens (including phenoxy) is 3. The van der Waals surface area contributed by atoms with E-state index in [-0.39, 0.29) is 62.3 Å². The predicted octanol–water partition coefficient (Wildman–Crippen LogP) is 6.77. The van der Waals surface area contributed by atoms with Crippen LogP contribution >= 0.6 is 0 Å². The Morgan fingerprint density at radius 2 is 1.62 bits per heavy atom.